The van der Waals surface area contributed by atoms with E-state index < -0.39 is 11.2 Å². The van der Waals surface area contributed by atoms with Crippen molar-refractivity contribution in [3.05, 3.63) is 52.6 Å². The summed E-state index contributed by atoms with van der Waals surface area (Å²) in [6, 6.07) is 9.82. The third kappa shape index (κ3) is 5.63. The predicted octanol–water partition coefficient (Wildman–Crippen LogP) is 0.858. The van der Waals surface area contributed by atoms with Crippen LogP contribution in [0.4, 0.5) is 10.6 Å². The predicted molar refractivity (Wildman–Crippen MR) is 154 cm³/mol. The molecule has 1 aromatic carbocycles. The number of hydrogen-bond acceptors (Lipinski definition) is 6. The number of nitrogens with two attached hydrogens (primary N) is 2. The summed E-state index contributed by atoms with van der Waals surface area (Å²) < 4.78 is 2.57. The van der Waals surface area contributed by atoms with Crippen LogP contribution in [-0.4, -0.2) is 100 Å². The molecule has 1 aliphatic carbocycles. The molecule has 0 bridgehead atoms. The van der Waals surface area contributed by atoms with E-state index in [4.69, 9.17) is 11.5 Å². The number of anilines is 1. The fourth-order valence-electron chi connectivity index (χ4n) is 6.55. The lowest BCUT2D eigenvalue weighted by Gasteiger charge is -2.38. The Kier molecular flexibility index (Phi) is 7.49. The Balaban J connectivity index is 1.15. The van der Waals surface area contributed by atoms with E-state index in [-0.39, 0.29) is 17.8 Å². The van der Waals surface area contributed by atoms with Gasteiger partial charge in [-0.25, -0.2) is 9.59 Å². The number of piperidine rings is 1. The van der Waals surface area contributed by atoms with Crippen molar-refractivity contribution in [1.82, 2.24) is 19.4 Å². The first-order chi connectivity index (χ1) is 18.9. The number of amides is 3. The zero-order valence-electron chi connectivity index (χ0n) is 24.0. The molecule has 5 rings (SSSR count). The van der Waals surface area contributed by atoms with Crippen molar-refractivity contribution in [1.29, 1.82) is 0 Å². The molecule has 3 unspecified atom stereocenters. The van der Waals surface area contributed by atoms with Crippen LogP contribution in [0.3, 0.4) is 0 Å². The number of hydrogen-bond donors (Lipinski definition) is 3. The SMILES string of the molecule is CC(Cc1ccc(-n2ccc(NC(=O)N3CCN(C(=O)C(C)(C)N)CC3)nc2=O)cc1)[N+]1(C)C[C@@H]2C(CN)[C@@H]2C1. The van der Waals surface area contributed by atoms with Gasteiger partial charge in [-0.15, -0.1) is 0 Å². The molecule has 3 fully saturated rings. The molecule has 3 amide bonds. The van der Waals surface area contributed by atoms with Gasteiger partial charge in [0.15, 0.2) is 0 Å². The van der Waals surface area contributed by atoms with Crippen LogP contribution in [0.15, 0.2) is 41.3 Å². The average Bonchev–Trinajstić information content (AvgIpc) is 3.42. The average molecular weight is 552 g/mol. The van der Waals surface area contributed by atoms with Gasteiger partial charge in [-0.05, 0) is 57.0 Å². The van der Waals surface area contributed by atoms with Gasteiger partial charge in [-0.1, -0.05) is 12.1 Å². The number of likely N-dealkylation sites (N-methyl/N-ethyl adjacent to an activating group) is 1. The molecule has 11 nitrogen and oxygen atoms in total. The van der Waals surface area contributed by atoms with Crippen LogP contribution >= 0.6 is 0 Å². The first-order valence-electron chi connectivity index (χ1n) is 14.3. The van der Waals surface area contributed by atoms with E-state index in [1.165, 1.54) is 23.2 Å². The van der Waals surface area contributed by atoms with Gasteiger partial charge in [0.25, 0.3) is 0 Å². The van der Waals surface area contributed by atoms with Crippen molar-refractivity contribution >= 4 is 17.8 Å². The minimum atomic E-state index is -0.945. The number of nitrogens with one attached hydrogen (secondary N) is 1. The van der Waals surface area contributed by atoms with E-state index in [2.05, 4.69) is 36.4 Å². The first-order valence-corrected chi connectivity index (χ1v) is 14.3. The normalized spacial score (nSPS) is 26.8. The highest BCUT2D eigenvalue weighted by Gasteiger charge is 2.62. The van der Waals surface area contributed by atoms with E-state index in [1.807, 2.05) is 12.1 Å². The van der Waals surface area contributed by atoms with Crippen molar-refractivity contribution < 1.29 is 14.1 Å². The van der Waals surface area contributed by atoms with Gasteiger partial charge in [0.2, 0.25) is 5.91 Å². The number of fused-ring (bicyclic) bond motifs is 1. The number of carbonyl (C=O) groups is 2. The second-order valence-electron chi connectivity index (χ2n) is 12.7. The third-order valence-corrected chi connectivity index (χ3v) is 9.29. The van der Waals surface area contributed by atoms with Crippen LogP contribution in [0.1, 0.15) is 26.3 Å². The number of nitrogens with zero attached hydrogens (tertiary/aromatic N) is 5. The van der Waals surface area contributed by atoms with E-state index in [0.717, 1.165) is 40.9 Å². The Morgan fingerprint density at radius 3 is 2.23 bits per heavy atom. The van der Waals surface area contributed by atoms with Crippen molar-refractivity contribution in [2.24, 2.45) is 29.2 Å². The summed E-state index contributed by atoms with van der Waals surface area (Å²) in [4.78, 5) is 45.2. The van der Waals surface area contributed by atoms with Gasteiger partial charge in [-0.3, -0.25) is 14.7 Å². The van der Waals surface area contributed by atoms with Crippen LogP contribution in [0, 0.1) is 17.8 Å². The van der Waals surface area contributed by atoms with Crippen LogP contribution in [-0.2, 0) is 11.2 Å². The van der Waals surface area contributed by atoms with E-state index >= 15 is 0 Å². The molecule has 5 N–H and O–H groups in total. The smallest absolute Gasteiger partial charge is 0.338 e. The lowest BCUT2D eigenvalue weighted by atomic mass is 10.0. The fourth-order valence-corrected chi connectivity index (χ4v) is 6.55. The molecule has 5 atom stereocenters. The largest absolute Gasteiger partial charge is 0.354 e. The number of urea groups is 1. The minimum absolute atomic E-state index is 0.139. The third-order valence-electron chi connectivity index (χ3n) is 9.29. The zero-order valence-corrected chi connectivity index (χ0v) is 24.0. The highest BCUT2D eigenvalue weighted by molar-refractivity contribution is 5.89. The number of benzene rings is 1. The maximum Gasteiger partial charge on any atom is 0.354 e. The summed E-state index contributed by atoms with van der Waals surface area (Å²) in [6.07, 6.45) is 2.60. The molecule has 1 aromatic heterocycles. The molecule has 1 saturated carbocycles. The minimum Gasteiger partial charge on any atom is -0.338 e. The van der Waals surface area contributed by atoms with E-state index in [0.29, 0.717) is 32.2 Å². The van der Waals surface area contributed by atoms with Crippen LogP contribution in [0.25, 0.3) is 5.69 Å². The van der Waals surface area contributed by atoms with Gasteiger partial charge in [0.05, 0.1) is 37.4 Å². The number of likely N-dealkylation sites (tertiary alicyclic amines) is 1. The molecule has 2 aliphatic heterocycles. The Hall–Kier alpha value is -3.28. The van der Waals surface area contributed by atoms with E-state index in [9.17, 15) is 14.4 Å². The number of rotatable bonds is 7. The second-order valence-corrected chi connectivity index (χ2v) is 12.7. The monoisotopic (exact) mass is 551 g/mol. The van der Waals surface area contributed by atoms with Crippen molar-refractivity contribution in [2.45, 2.75) is 38.8 Å². The lowest BCUT2D eigenvalue weighted by molar-refractivity contribution is -0.925. The summed E-state index contributed by atoms with van der Waals surface area (Å²) in [6.45, 7) is 10.5. The Morgan fingerprint density at radius 1 is 1.07 bits per heavy atom. The molecular weight excluding hydrogens is 508 g/mol. The van der Waals surface area contributed by atoms with Gasteiger partial charge in [0, 0.05) is 50.6 Å². The summed E-state index contributed by atoms with van der Waals surface area (Å²) in [5, 5.41) is 2.70. The maximum atomic E-state index is 12.8. The van der Waals surface area contributed by atoms with Gasteiger partial charge in [-0.2, -0.15) is 4.98 Å². The summed E-state index contributed by atoms with van der Waals surface area (Å²) in [7, 11) is 2.37. The van der Waals surface area contributed by atoms with Crippen molar-refractivity contribution in [2.75, 3.05) is 58.2 Å². The second kappa shape index (κ2) is 10.6. The highest BCUT2D eigenvalue weighted by atomic mass is 16.2. The lowest BCUT2D eigenvalue weighted by Crippen LogP contribution is -2.58. The standard InChI is InChI=1S/C29H42N8O3/c1-19(37(4)17-23-22(16-30)24(23)18-37)15-20-5-7-21(8-6-20)36-10-9-25(33-28(36)40)32-27(39)35-13-11-34(12-14-35)26(38)29(2,3)31/h5-10,19,22-24H,11-18,30-31H2,1-4H3/p+1/t19?,22?,23-,24+,37?. The molecule has 216 valence electrons. The molecule has 40 heavy (non-hydrogen) atoms. The quantitative estimate of drug-likeness (QED) is 0.436. The number of carbonyl (C=O) groups excluding carboxylic acids is 2. The zero-order chi connectivity index (χ0) is 28.8. The Labute approximate surface area is 235 Å². The molecule has 0 spiro atoms. The fraction of sp³-hybridized carbons (Fsp3) is 0.586. The number of piperazine rings is 1. The number of aromatic nitrogens is 2. The van der Waals surface area contributed by atoms with Gasteiger partial charge < -0.3 is 25.8 Å². The van der Waals surface area contributed by atoms with Crippen LogP contribution in [0.5, 0.6) is 0 Å². The number of quaternary nitrogens is 1. The summed E-state index contributed by atoms with van der Waals surface area (Å²) in [5.41, 5.74) is 12.4. The van der Waals surface area contributed by atoms with Gasteiger partial charge >= 0.3 is 11.7 Å². The molecule has 2 aromatic rings. The Bertz CT molecular complexity index is 1300. The highest BCUT2D eigenvalue weighted by Crippen LogP contribution is 2.54. The molecule has 0 radical (unpaired) electrons. The molecule has 11 heteroatoms. The first kappa shape index (κ1) is 28.3. The molecule has 2 saturated heterocycles. The Morgan fingerprint density at radius 2 is 1.68 bits per heavy atom. The van der Waals surface area contributed by atoms with Crippen molar-refractivity contribution in [3.8, 4) is 5.69 Å². The topological polar surface area (TPSA) is 140 Å². The van der Waals surface area contributed by atoms with Gasteiger partial charge in [0.1, 0.15) is 5.82 Å². The van der Waals surface area contributed by atoms with E-state index in [1.54, 1.807) is 35.9 Å². The van der Waals surface area contributed by atoms with Crippen LogP contribution in [0.2, 0.25) is 0 Å². The molecule has 3 aliphatic rings. The molecule has 3 heterocycles. The van der Waals surface area contributed by atoms with Crippen LogP contribution < -0.4 is 22.5 Å². The molecular formula is C29H43N8O3+. The summed E-state index contributed by atoms with van der Waals surface area (Å²) >= 11 is 0. The maximum absolute atomic E-state index is 12.8. The summed E-state index contributed by atoms with van der Waals surface area (Å²) in [5.74, 6) is 2.39. The van der Waals surface area contributed by atoms with Crippen molar-refractivity contribution in [3.63, 3.8) is 0 Å².